The number of hydrogen-bond acceptors (Lipinski definition) is 5. The van der Waals surface area contributed by atoms with Gasteiger partial charge in [0.05, 0.1) is 0 Å². The molecule has 1 amide bonds. The van der Waals surface area contributed by atoms with E-state index in [0.29, 0.717) is 0 Å². The molecule has 1 unspecified atom stereocenters. The number of halogens is 2. The summed E-state index contributed by atoms with van der Waals surface area (Å²) in [6.07, 6.45) is 2.58. The molecule has 1 aromatic heterocycles. The van der Waals surface area contributed by atoms with Gasteiger partial charge in [0, 0.05) is 36.0 Å². The first-order chi connectivity index (χ1) is 7.89. The molecule has 1 fully saturated rings. The second kappa shape index (κ2) is 4.40. The second-order valence-electron chi connectivity index (χ2n) is 3.48. The lowest BCUT2D eigenvalue weighted by atomic mass is 10.4. The SMILES string of the molecule is O=C1CC(S(=O)(=O)Cl)CN1c1nccnc1Cl. The van der Waals surface area contributed by atoms with Gasteiger partial charge in [-0.15, -0.1) is 0 Å². The molecule has 1 aromatic rings. The van der Waals surface area contributed by atoms with Gasteiger partial charge in [0.25, 0.3) is 0 Å². The smallest absolute Gasteiger partial charge is 0.237 e. The molecule has 0 aliphatic carbocycles. The zero-order chi connectivity index (χ0) is 12.6. The number of aromatic nitrogens is 2. The molecule has 1 saturated heterocycles. The van der Waals surface area contributed by atoms with Crippen molar-refractivity contribution in [2.24, 2.45) is 0 Å². The molecule has 92 valence electrons. The van der Waals surface area contributed by atoms with Gasteiger partial charge in [-0.3, -0.25) is 9.69 Å². The third-order valence-electron chi connectivity index (χ3n) is 2.38. The van der Waals surface area contributed by atoms with Crippen LogP contribution in [0.4, 0.5) is 5.82 Å². The standard InChI is InChI=1S/C8H7Cl2N3O3S/c9-7-8(12-2-1-11-7)13-4-5(3-6(13)14)17(10,15)16/h1-2,5H,3-4H2. The summed E-state index contributed by atoms with van der Waals surface area (Å²) in [4.78, 5) is 20.5. The predicted molar refractivity (Wildman–Crippen MR) is 62.6 cm³/mol. The summed E-state index contributed by atoms with van der Waals surface area (Å²) in [6.45, 7) is -0.0525. The molecule has 6 nitrogen and oxygen atoms in total. The van der Waals surface area contributed by atoms with Gasteiger partial charge in [-0.05, 0) is 0 Å². The van der Waals surface area contributed by atoms with E-state index in [1.807, 2.05) is 0 Å². The summed E-state index contributed by atoms with van der Waals surface area (Å²) < 4.78 is 22.3. The molecule has 0 spiro atoms. The van der Waals surface area contributed by atoms with Crippen molar-refractivity contribution < 1.29 is 13.2 Å². The fraction of sp³-hybridized carbons (Fsp3) is 0.375. The predicted octanol–water partition coefficient (Wildman–Crippen LogP) is 0.804. The van der Waals surface area contributed by atoms with Gasteiger partial charge >= 0.3 is 0 Å². The van der Waals surface area contributed by atoms with Gasteiger partial charge in [0.1, 0.15) is 5.25 Å². The van der Waals surface area contributed by atoms with Crippen molar-refractivity contribution in [2.75, 3.05) is 11.4 Å². The fourth-order valence-electron chi connectivity index (χ4n) is 1.56. The van der Waals surface area contributed by atoms with E-state index < -0.39 is 14.3 Å². The van der Waals surface area contributed by atoms with Crippen LogP contribution in [0.1, 0.15) is 6.42 Å². The third kappa shape index (κ3) is 2.51. The van der Waals surface area contributed by atoms with Crippen LogP contribution >= 0.6 is 22.3 Å². The summed E-state index contributed by atoms with van der Waals surface area (Å²) in [5.74, 6) is -0.233. The highest BCUT2D eigenvalue weighted by atomic mass is 35.7. The number of carbonyl (C=O) groups is 1. The minimum Gasteiger partial charge on any atom is -0.293 e. The molecule has 1 aliphatic rings. The maximum atomic E-state index is 11.7. The Labute approximate surface area is 107 Å². The average Bonchev–Trinajstić information content (AvgIpc) is 2.61. The van der Waals surface area contributed by atoms with Gasteiger partial charge < -0.3 is 0 Å². The molecule has 1 atom stereocenters. The molecular weight excluding hydrogens is 289 g/mol. The van der Waals surface area contributed by atoms with Gasteiger partial charge in [0.15, 0.2) is 11.0 Å². The quantitative estimate of drug-likeness (QED) is 0.754. The van der Waals surface area contributed by atoms with E-state index in [-0.39, 0.29) is 29.8 Å². The molecule has 0 saturated carbocycles. The summed E-state index contributed by atoms with van der Waals surface area (Å²) in [5, 5.41) is -0.886. The van der Waals surface area contributed by atoms with E-state index in [2.05, 4.69) is 9.97 Å². The maximum Gasteiger partial charge on any atom is 0.237 e. The Bertz CT molecular complexity index is 563. The highest BCUT2D eigenvalue weighted by Gasteiger charge is 2.39. The number of carbonyl (C=O) groups excluding carboxylic acids is 1. The highest BCUT2D eigenvalue weighted by molar-refractivity contribution is 8.14. The lowest BCUT2D eigenvalue weighted by molar-refractivity contribution is -0.117. The third-order valence-corrected chi connectivity index (χ3v) is 4.51. The number of hydrogen-bond donors (Lipinski definition) is 0. The van der Waals surface area contributed by atoms with Crippen LogP contribution in [0.15, 0.2) is 12.4 Å². The summed E-state index contributed by atoms with van der Waals surface area (Å²) in [7, 11) is 1.45. The maximum absolute atomic E-state index is 11.7. The topological polar surface area (TPSA) is 80.2 Å². The Morgan fingerprint density at radius 2 is 2.00 bits per heavy atom. The molecule has 0 N–H and O–H groups in total. The van der Waals surface area contributed by atoms with Crippen LogP contribution in [0.3, 0.4) is 0 Å². The Morgan fingerprint density at radius 3 is 2.53 bits per heavy atom. The first kappa shape index (κ1) is 12.5. The zero-order valence-electron chi connectivity index (χ0n) is 8.38. The van der Waals surface area contributed by atoms with Crippen molar-refractivity contribution in [2.45, 2.75) is 11.7 Å². The largest absolute Gasteiger partial charge is 0.293 e. The van der Waals surface area contributed by atoms with Crippen LogP contribution in [0, 0.1) is 0 Å². The van der Waals surface area contributed by atoms with Gasteiger partial charge in [-0.1, -0.05) is 11.6 Å². The summed E-state index contributed by atoms with van der Waals surface area (Å²) in [6, 6.07) is 0. The van der Waals surface area contributed by atoms with E-state index in [1.54, 1.807) is 0 Å². The number of amides is 1. The van der Waals surface area contributed by atoms with E-state index in [9.17, 15) is 13.2 Å². The average molecular weight is 296 g/mol. The molecule has 9 heteroatoms. The molecule has 0 bridgehead atoms. The van der Waals surface area contributed by atoms with Gasteiger partial charge in [0.2, 0.25) is 15.0 Å². The molecule has 0 radical (unpaired) electrons. The van der Waals surface area contributed by atoms with Crippen LogP contribution in [0.2, 0.25) is 5.15 Å². The fourth-order valence-corrected chi connectivity index (χ4v) is 2.80. The zero-order valence-corrected chi connectivity index (χ0v) is 10.7. The number of nitrogens with zero attached hydrogens (tertiary/aromatic N) is 3. The van der Waals surface area contributed by atoms with Crippen molar-refractivity contribution in [3.63, 3.8) is 0 Å². The van der Waals surface area contributed by atoms with E-state index in [4.69, 9.17) is 22.3 Å². The lowest BCUT2D eigenvalue weighted by Crippen LogP contribution is -2.28. The molecule has 0 aromatic carbocycles. The first-order valence-corrected chi connectivity index (χ1v) is 7.35. The van der Waals surface area contributed by atoms with E-state index in [1.165, 1.54) is 17.3 Å². The molecule has 17 heavy (non-hydrogen) atoms. The molecule has 2 rings (SSSR count). The number of rotatable bonds is 2. The van der Waals surface area contributed by atoms with Crippen molar-refractivity contribution in [1.82, 2.24) is 9.97 Å². The highest BCUT2D eigenvalue weighted by Crippen LogP contribution is 2.28. The van der Waals surface area contributed by atoms with Crippen molar-refractivity contribution >= 4 is 43.1 Å². The monoisotopic (exact) mass is 295 g/mol. The van der Waals surface area contributed by atoms with Crippen LogP contribution in [0.5, 0.6) is 0 Å². The van der Waals surface area contributed by atoms with Gasteiger partial charge in [-0.25, -0.2) is 18.4 Å². The normalized spacial score (nSPS) is 20.9. The Kier molecular flexibility index (Phi) is 3.24. The van der Waals surface area contributed by atoms with Crippen LogP contribution in [-0.2, 0) is 13.8 Å². The van der Waals surface area contributed by atoms with Crippen molar-refractivity contribution in [1.29, 1.82) is 0 Å². The van der Waals surface area contributed by atoms with E-state index >= 15 is 0 Å². The first-order valence-electron chi connectivity index (χ1n) is 4.60. The van der Waals surface area contributed by atoms with Crippen molar-refractivity contribution in [3.05, 3.63) is 17.5 Å². The Hall–Kier alpha value is -0.920. The van der Waals surface area contributed by atoms with Crippen LogP contribution in [0.25, 0.3) is 0 Å². The minimum atomic E-state index is -3.77. The lowest BCUT2D eigenvalue weighted by Gasteiger charge is -2.15. The Morgan fingerprint density at radius 1 is 1.35 bits per heavy atom. The summed E-state index contributed by atoms with van der Waals surface area (Å²) >= 11 is 5.78. The minimum absolute atomic E-state index is 0.0495. The Balaban J connectivity index is 2.31. The molecule has 2 heterocycles. The van der Waals surface area contributed by atoms with Crippen LogP contribution in [-0.4, -0.2) is 36.1 Å². The van der Waals surface area contributed by atoms with E-state index in [0.717, 1.165) is 0 Å². The molecular formula is C8H7Cl2N3O3S. The molecule has 1 aliphatic heterocycles. The second-order valence-corrected chi connectivity index (χ2v) is 6.74. The summed E-state index contributed by atoms with van der Waals surface area (Å²) in [5.41, 5.74) is 0. The van der Waals surface area contributed by atoms with Gasteiger partial charge in [-0.2, -0.15) is 0 Å². The van der Waals surface area contributed by atoms with Crippen molar-refractivity contribution in [3.8, 4) is 0 Å². The number of anilines is 1. The van der Waals surface area contributed by atoms with Crippen LogP contribution < -0.4 is 4.90 Å².